The van der Waals surface area contributed by atoms with E-state index in [1.807, 2.05) is 0 Å². The van der Waals surface area contributed by atoms with Crippen molar-refractivity contribution in [2.75, 3.05) is 5.32 Å². The molecule has 7 nitrogen and oxygen atoms in total. The molecule has 1 heterocycles. The summed E-state index contributed by atoms with van der Waals surface area (Å²) in [5, 5.41) is 11.3. The lowest BCUT2D eigenvalue weighted by atomic mass is 10.1. The quantitative estimate of drug-likeness (QED) is 0.891. The normalized spacial score (nSPS) is 11.4. The SMILES string of the molecule is Cc1cc(C(=O)Nc2cc(S(N)(=O)=O)cc(C)c2C)on1. The summed E-state index contributed by atoms with van der Waals surface area (Å²) < 4.78 is 27.7. The van der Waals surface area contributed by atoms with Gasteiger partial charge in [0.05, 0.1) is 10.6 Å². The summed E-state index contributed by atoms with van der Waals surface area (Å²) in [6.45, 7) is 5.19. The van der Waals surface area contributed by atoms with Crippen LogP contribution in [0.4, 0.5) is 5.69 Å². The fourth-order valence-electron chi connectivity index (χ4n) is 1.77. The van der Waals surface area contributed by atoms with Crippen LogP contribution in [-0.4, -0.2) is 19.5 Å². The molecule has 1 amide bonds. The number of hydrogen-bond acceptors (Lipinski definition) is 5. The highest BCUT2D eigenvalue weighted by Crippen LogP contribution is 2.24. The molecule has 0 fully saturated rings. The average Bonchev–Trinajstić information content (AvgIpc) is 2.80. The van der Waals surface area contributed by atoms with E-state index in [0.717, 1.165) is 5.56 Å². The van der Waals surface area contributed by atoms with Crippen molar-refractivity contribution in [2.45, 2.75) is 25.7 Å². The molecular weight excluding hydrogens is 294 g/mol. The van der Waals surface area contributed by atoms with Crippen LogP contribution < -0.4 is 10.5 Å². The van der Waals surface area contributed by atoms with E-state index in [4.69, 9.17) is 9.66 Å². The monoisotopic (exact) mass is 309 g/mol. The number of carbonyl (C=O) groups excluding carboxylic acids is 1. The van der Waals surface area contributed by atoms with E-state index < -0.39 is 15.9 Å². The van der Waals surface area contributed by atoms with E-state index in [9.17, 15) is 13.2 Å². The highest BCUT2D eigenvalue weighted by Gasteiger charge is 2.17. The van der Waals surface area contributed by atoms with Crippen LogP contribution in [0.15, 0.2) is 27.6 Å². The Labute approximate surface area is 122 Å². The Morgan fingerprint density at radius 3 is 2.43 bits per heavy atom. The Morgan fingerprint density at radius 2 is 1.90 bits per heavy atom. The first-order chi connectivity index (χ1) is 9.68. The van der Waals surface area contributed by atoms with Crippen LogP contribution in [0.2, 0.25) is 0 Å². The van der Waals surface area contributed by atoms with Crippen molar-refractivity contribution in [2.24, 2.45) is 5.14 Å². The maximum atomic E-state index is 12.0. The molecule has 1 aromatic carbocycles. The van der Waals surface area contributed by atoms with Crippen molar-refractivity contribution in [3.63, 3.8) is 0 Å². The Hall–Kier alpha value is -2.19. The van der Waals surface area contributed by atoms with Gasteiger partial charge in [-0.05, 0) is 44.0 Å². The second-order valence-corrected chi connectivity index (χ2v) is 6.31. The summed E-state index contributed by atoms with van der Waals surface area (Å²) in [6.07, 6.45) is 0. The predicted molar refractivity (Wildman–Crippen MR) is 76.5 cm³/mol. The minimum absolute atomic E-state index is 0.0468. The largest absolute Gasteiger partial charge is 0.351 e. The third-order valence-electron chi connectivity index (χ3n) is 3.07. The van der Waals surface area contributed by atoms with Gasteiger partial charge in [0.25, 0.3) is 5.91 Å². The molecule has 21 heavy (non-hydrogen) atoms. The summed E-state index contributed by atoms with van der Waals surface area (Å²) in [4.78, 5) is 12.0. The van der Waals surface area contributed by atoms with E-state index in [1.54, 1.807) is 20.8 Å². The Morgan fingerprint density at radius 1 is 1.24 bits per heavy atom. The van der Waals surface area contributed by atoms with E-state index in [1.165, 1.54) is 18.2 Å². The molecule has 112 valence electrons. The molecule has 0 atom stereocenters. The molecule has 2 aromatic rings. The zero-order valence-corrected chi connectivity index (χ0v) is 12.6. The van der Waals surface area contributed by atoms with E-state index in [-0.39, 0.29) is 10.7 Å². The second kappa shape index (κ2) is 5.30. The topological polar surface area (TPSA) is 115 Å². The van der Waals surface area contributed by atoms with Gasteiger partial charge in [-0.25, -0.2) is 13.6 Å². The van der Waals surface area contributed by atoms with Crippen LogP contribution in [0.1, 0.15) is 27.4 Å². The van der Waals surface area contributed by atoms with Crippen LogP contribution in [0.3, 0.4) is 0 Å². The minimum atomic E-state index is -3.85. The summed E-state index contributed by atoms with van der Waals surface area (Å²) in [5.74, 6) is -0.463. The van der Waals surface area contributed by atoms with Gasteiger partial charge in [0, 0.05) is 11.8 Å². The Balaban J connectivity index is 2.40. The number of nitrogens with one attached hydrogen (secondary N) is 1. The average molecular weight is 309 g/mol. The van der Waals surface area contributed by atoms with Gasteiger partial charge in [-0.1, -0.05) is 5.16 Å². The molecular formula is C13H15N3O4S. The first-order valence-corrected chi connectivity index (χ1v) is 7.62. The van der Waals surface area contributed by atoms with Gasteiger partial charge in [-0.15, -0.1) is 0 Å². The van der Waals surface area contributed by atoms with Crippen molar-refractivity contribution in [3.8, 4) is 0 Å². The number of aryl methyl sites for hydroxylation is 2. The number of amides is 1. The number of rotatable bonds is 3. The van der Waals surface area contributed by atoms with Gasteiger partial charge in [0.15, 0.2) is 0 Å². The summed E-state index contributed by atoms with van der Waals surface area (Å²) in [6, 6.07) is 4.26. The van der Waals surface area contributed by atoms with Gasteiger partial charge in [0.1, 0.15) is 0 Å². The van der Waals surface area contributed by atoms with Gasteiger partial charge in [0.2, 0.25) is 15.8 Å². The lowest BCUT2D eigenvalue weighted by Gasteiger charge is -2.11. The standard InChI is InChI=1S/C13H15N3O4S/c1-7-4-10(21(14,18)19)6-11(9(7)3)15-13(17)12-5-8(2)16-20-12/h4-6H,1-3H3,(H,15,17)(H2,14,18,19). The fraction of sp³-hybridized carbons (Fsp3) is 0.231. The van der Waals surface area contributed by atoms with Crippen LogP contribution in [0.25, 0.3) is 0 Å². The van der Waals surface area contributed by atoms with Crippen LogP contribution >= 0.6 is 0 Å². The Bertz CT molecular complexity index is 809. The number of sulfonamides is 1. The van der Waals surface area contributed by atoms with E-state index in [2.05, 4.69) is 10.5 Å². The molecule has 0 saturated heterocycles. The van der Waals surface area contributed by atoms with Crippen molar-refractivity contribution in [1.29, 1.82) is 0 Å². The number of nitrogens with zero attached hydrogens (tertiary/aromatic N) is 1. The zero-order chi connectivity index (χ0) is 15.8. The van der Waals surface area contributed by atoms with Gasteiger partial charge < -0.3 is 9.84 Å². The molecule has 0 radical (unpaired) electrons. The molecule has 0 saturated carbocycles. The minimum Gasteiger partial charge on any atom is -0.351 e. The van der Waals surface area contributed by atoms with Gasteiger partial charge in [-0.3, -0.25) is 4.79 Å². The maximum absolute atomic E-state index is 12.0. The number of hydrogen-bond donors (Lipinski definition) is 2. The lowest BCUT2D eigenvalue weighted by Crippen LogP contribution is -2.16. The van der Waals surface area contributed by atoms with Crippen LogP contribution in [0, 0.1) is 20.8 Å². The third-order valence-corrected chi connectivity index (χ3v) is 3.96. The summed E-state index contributed by atoms with van der Waals surface area (Å²) >= 11 is 0. The molecule has 0 aliphatic rings. The number of aromatic nitrogens is 1. The molecule has 1 aromatic heterocycles. The predicted octanol–water partition coefficient (Wildman–Crippen LogP) is 1.50. The highest BCUT2D eigenvalue weighted by atomic mass is 32.2. The second-order valence-electron chi connectivity index (χ2n) is 4.74. The van der Waals surface area contributed by atoms with Crippen molar-refractivity contribution >= 4 is 21.6 Å². The first kappa shape index (κ1) is 15.2. The van der Waals surface area contributed by atoms with Crippen molar-refractivity contribution < 1.29 is 17.7 Å². The smallest absolute Gasteiger partial charge is 0.294 e. The lowest BCUT2D eigenvalue weighted by molar-refractivity contribution is 0.0987. The molecule has 0 aliphatic heterocycles. The maximum Gasteiger partial charge on any atom is 0.294 e. The Kier molecular flexibility index (Phi) is 3.84. The summed E-state index contributed by atoms with van der Waals surface area (Å²) in [7, 11) is -3.85. The number of primary sulfonamides is 1. The van der Waals surface area contributed by atoms with E-state index in [0.29, 0.717) is 16.9 Å². The molecule has 3 N–H and O–H groups in total. The first-order valence-electron chi connectivity index (χ1n) is 6.07. The fourth-order valence-corrected chi connectivity index (χ4v) is 2.40. The molecule has 2 rings (SSSR count). The molecule has 0 aliphatic carbocycles. The number of anilines is 1. The van der Waals surface area contributed by atoms with Crippen LogP contribution in [0.5, 0.6) is 0 Å². The third kappa shape index (κ3) is 3.29. The summed E-state index contributed by atoms with van der Waals surface area (Å²) in [5.41, 5.74) is 2.38. The highest BCUT2D eigenvalue weighted by molar-refractivity contribution is 7.89. The van der Waals surface area contributed by atoms with Crippen molar-refractivity contribution in [3.05, 3.63) is 40.8 Å². The molecule has 8 heteroatoms. The van der Waals surface area contributed by atoms with E-state index >= 15 is 0 Å². The number of nitrogens with two attached hydrogens (primary N) is 1. The van der Waals surface area contributed by atoms with Gasteiger partial charge in [-0.2, -0.15) is 0 Å². The number of carbonyl (C=O) groups is 1. The number of benzene rings is 1. The van der Waals surface area contributed by atoms with Crippen LogP contribution in [-0.2, 0) is 10.0 Å². The molecule has 0 unspecified atom stereocenters. The van der Waals surface area contributed by atoms with Crippen molar-refractivity contribution in [1.82, 2.24) is 5.16 Å². The van der Waals surface area contributed by atoms with Gasteiger partial charge >= 0.3 is 0 Å². The zero-order valence-electron chi connectivity index (χ0n) is 11.8. The molecule has 0 spiro atoms. The molecule has 0 bridgehead atoms.